The number of benzene rings is 1. The van der Waals surface area contributed by atoms with Gasteiger partial charge in [0.15, 0.2) is 6.61 Å². The van der Waals surface area contributed by atoms with Crippen molar-refractivity contribution in [2.45, 2.75) is 13.8 Å². The first-order chi connectivity index (χ1) is 9.99. The number of carbonyl (C=O) groups excluding carboxylic acids is 2. The van der Waals surface area contributed by atoms with Gasteiger partial charge < -0.3 is 15.0 Å². The minimum absolute atomic E-state index is 0.102. The lowest BCUT2D eigenvalue weighted by Crippen LogP contribution is -2.36. The molecule has 1 rings (SSSR count). The molecular formula is C16H22N2O3. The fourth-order valence-corrected chi connectivity index (χ4v) is 1.85. The Morgan fingerprint density at radius 3 is 2.57 bits per heavy atom. The highest BCUT2D eigenvalue weighted by molar-refractivity contribution is 5.96. The first-order valence-electron chi connectivity index (χ1n) is 6.85. The molecule has 0 fully saturated rings. The standard InChI is InChI=1S/C16H22N2O3/c1-5-18(10-12(2)3)15(19)11-21-14-9-7-6-8-13(14)16(20)17-4/h6-9H,2,5,10-11H2,1,3-4H3,(H,17,20). The van der Waals surface area contributed by atoms with E-state index in [2.05, 4.69) is 11.9 Å². The Kier molecular flexibility index (Phi) is 6.46. The van der Waals surface area contributed by atoms with Crippen LogP contribution in [0.25, 0.3) is 0 Å². The zero-order valence-electron chi connectivity index (χ0n) is 12.8. The summed E-state index contributed by atoms with van der Waals surface area (Å²) in [4.78, 5) is 25.5. The number of hydrogen-bond donors (Lipinski definition) is 1. The highest BCUT2D eigenvalue weighted by atomic mass is 16.5. The van der Waals surface area contributed by atoms with Gasteiger partial charge >= 0.3 is 0 Å². The molecule has 0 atom stereocenters. The molecule has 114 valence electrons. The maximum absolute atomic E-state index is 12.1. The monoisotopic (exact) mass is 290 g/mol. The number of amides is 2. The molecule has 0 spiro atoms. The minimum Gasteiger partial charge on any atom is -0.483 e. The van der Waals surface area contributed by atoms with Crippen LogP contribution in [0.4, 0.5) is 0 Å². The van der Waals surface area contributed by atoms with Crippen molar-refractivity contribution in [3.63, 3.8) is 0 Å². The molecule has 0 radical (unpaired) electrons. The van der Waals surface area contributed by atoms with Crippen molar-refractivity contribution in [1.29, 1.82) is 0 Å². The molecule has 5 nitrogen and oxygen atoms in total. The van der Waals surface area contributed by atoms with Gasteiger partial charge in [0, 0.05) is 20.1 Å². The Morgan fingerprint density at radius 1 is 1.33 bits per heavy atom. The van der Waals surface area contributed by atoms with E-state index in [1.165, 1.54) is 0 Å². The van der Waals surface area contributed by atoms with Crippen LogP contribution in [0.2, 0.25) is 0 Å². The number of para-hydroxylation sites is 1. The highest BCUT2D eigenvalue weighted by Gasteiger charge is 2.15. The summed E-state index contributed by atoms with van der Waals surface area (Å²) in [6.45, 7) is 8.58. The Labute approximate surface area is 125 Å². The maximum Gasteiger partial charge on any atom is 0.260 e. The van der Waals surface area contributed by atoms with E-state index in [1.54, 1.807) is 36.2 Å². The van der Waals surface area contributed by atoms with Crippen LogP contribution in [0.1, 0.15) is 24.2 Å². The van der Waals surface area contributed by atoms with E-state index in [0.717, 1.165) is 5.57 Å². The highest BCUT2D eigenvalue weighted by Crippen LogP contribution is 2.17. The summed E-state index contributed by atoms with van der Waals surface area (Å²) in [5, 5.41) is 2.54. The van der Waals surface area contributed by atoms with Crippen LogP contribution in [0.3, 0.4) is 0 Å². The Balaban J connectivity index is 2.72. The summed E-state index contributed by atoms with van der Waals surface area (Å²) in [5.74, 6) is 0.0242. The molecule has 1 N–H and O–H groups in total. The van der Waals surface area contributed by atoms with Gasteiger partial charge in [-0.25, -0.2) is 0 Å². The van der Waals surface area contributed by atoms with Crippen molar-refractivity contribution in [2.24, 2.45) is 0 Å². The van der Waals surface area contributed by atoms with E-state index >= 15 is 0 Å². The fourth-order valence-electron chi connectivity index (χ4n) is 1.85. The maximum atomic E-state index is 12.1. The Bertz CT molecular complexity index is 526. The van der Waals surface area contributed by atoms with E-state index in [-0.39, 0.29) is 18.4 Å². The molecule has 2 amide bonds. The van der Waals surface area contributed by atoms with E-state index in [0.29, 0.717) is 24.4 Å². The third-order valence-electron chi connectivity index (χ3n) is 2.91. The first-order valence-corrected chi connectivity index (χ1v) is 6.85. The van der Waals surface area contributed by atoms with Gasteiger partial charge in [-0.05, 0) is 26.0 Å². The molecule has 0 heterocycles. The van der Waals surface area contributed by atoms with Crippen LogP contribution in [0.5, 0.6) is 5.75 Å². The molecule has 0 saturated carbocycles. The fraction of sp³-hybridized carbons (Fsp3) is 0.375. The predicted octanol–water partition coefficient (Wildman–Crippen LogP) is 1.85. The van der Waals surface area contributed by atoms with Crippen LogP contribution in [0.15, 0.2) is 36.4 Å². The van der Waals surface area contributed by atoms with Crippen molar-refractivity contribution >= 4 is 11.8 Å². The van der Waals surface area contributed by atoms with Crippen molar-refractivity contribution in [2.75, 3.05) is 26.7 Å². The van der Waals surface area contributed by atoms with E-state index in [4.69, 9.17) is 4.74 Å². The third-order valence-corrected chi connectivity index (χ3v) is 2.91. The second kappa shape index (κ2) is 8.09. The summed E-state index contributed by atoms with van der Waals surface area (Å²) >= 11 is 0. The van der Waals surface area contributed by atoms with E-state index in [1.807, 2.05) is 13.8 Å². The molecule has 1 aromatic rings. The van der Waals surface area contributed by atoms with Crippen molar-refractivity contribution < 1.29 is 14.3 Å². The lowest BCUT2D eigenvalue weighted by atomic mass is 10.2. The summed E-state index contributed by atoms with van der Waals surface area (Å²) in [6.07, 6.45) is 0. The second-order valence-electron chi connectivity index (χ2n) is 4.73. The number of hydrogen-bond acceptors (Lipinski definition) is 3. The van der Waals surface area contributed by atoms with Crippen LogP contribution in [-0.2, 0) is 4.79 Å². The van der Waals surface area contributed by atoms with Crippen LogP contribution in [0, 0.1) is 0 Å². The third kappa shape index (κ3) is 4.95. The number of rotatable bonds is 7. The lowest BCUT2D eigenvalue weighted by Gasteiger charge is -2.21. The normalized spacial score (nSPS) is 9.86. The molecule has 0 saturated heterocycles. The first kappa shape index (κ1) is 16.8. The molecule has 0 unspecified atom stereocenters. The smallest absolute Gasteiger partial charge is 0.260 e. The number of ether oxygens (including phenoxy) is 1. The van der Waals surface area contributed by atoms with E-state index in [9.17, 15) is 9.59 Å². The number of carbonyl (C=O) groups is 2. The predicted molar refractivity (Wildman–Crippen MR) is 82.4 cm³/mol. The van der Waals surface area contributed by atoms with Crippen LogP contribution >= 0.6 is 0 Å². The van der Waals surface area contributed by atoms with Crippen LogP contribution < -0.4 is 10.1 Å². The summed E-state index contributed by atoms with van der Waals surface area (Å²) in [6, 6.07) is 6.84. The molecule has 5 heteroatoms. The van der Waals surface area contributed by atoms with Gasteiger partial charge in [-0.15, -0.1) is 0 Å². The van der Waals surface area contributed by atoms with E-state index < -0.39 is 0 Å². The van der Waals surface area contributed by atoms with Crippen molar-refractivity contribution in [1.82, 2.24) is 10.2 Å². The zero-order chi connectivity index (χ0) is 15.8. The molecular weight excluding hydrogens is 268 g/mol. The molecule has 0 aliphatic heterocycles. The largest absolute Gasteiger partial charge is 0.483 e. The zero-order valence-corrected chi connectivity index (χ0v) is 12.8. The summed E-state index contributed by atoms with van der Waals surface area (Å²) in [7, 11) is 1.55. The van der Waals surface area contributed by atoms with Gasteiger partial charge in [-0.1, -0.05) is 24.3 Å². The van der Waals surface area contributed by atoms with Gasteiger partial charge in [0.1, 0.15) is 5.75 Å². The van der Waals surface area contributed by atoms with Crippen molar-refractivity contribution in [3.8, 4) is 5.75 Å². The topological polar surface area (TPSA) is 58.6 Å². The molecule has 0 aromatic heterocycles. The average molecular weight is 290 g/mol. The number of likely N-dealkylation sites (N-methyl/N-ethyl adjacent to an activating group) is 1. The van der Waals surface area contributed by atoms with Gasteiger partial charge in [0.25, 0.3) is 11.8 Å². The van der Waals surface area contributed by atoms with Crippen LogP contribution in [-0.4, -0.2) is 43.5 Å². The Hall–Kier alpha value is -2.30. The number of nitrogens with zero attached hydrogens (tertiary/aromatic N) is 1. The molecule has 0 aliphatic carbocycles. The SMILES string of the molecule is C=C(C)CN(CC)C(=O)COc1ccccc1C(=O)NC. The average Bonchev–Trinajstić information content (AvgIpc) is 2.49. The number of nitrogens with one attached hydrogen (secondary N) is 1. The molecule has 1 aromatic carbocycles. The summed E-state index contributed by atoms with van der Waals surface area (Å²) < 4.78 is 5.50. The van der Waals surface area contributed by atoms with Gasteiger partial charge in [-0.3, -0.25) is 9.59 Å². The van der Waals surface area contributed by atoms with Gasteiger partial charge in [0.05, 0.1) is 5.56 Å². The molecule has 21 heavy (non-hydrogen) atoms. The van der Waals surface area contributed by atoms with Crippen molar-refractivity contribution in [3.05, 3.63) is 42.0 Å². The quantitative estimate of drug-likeness (QED) is 0.780. The lowest BCUT2D eigenvalue weighted by molar-refractivity contribution is -0.132. The Morgan fingerprint density at radius 2 is 2.00 bits per heavy atom. The molecule has 0 bridgehead atoms. The van der Waals surface area contributed by atoms with Gasteiger partial charge in [0.2, 0.25) is 0 Å². The summed E-state index contributed by atoms with van der Waals surface area (Å²) in [5.41, 5.74) is 1.33. The minimum atomic E-state index is -0.243. The second-order valence-corrected chi connectivity index (χ2v) is 4.73. The molecule has 0 aliphatic rings. The van der Waals surface area contributed by atoms with Gasteiger partial charge in [-0.2, -0.15) is 0 Å².